The van der Waals surface area contributed by atoms with Gasteiger partial charge in [0.15, 0.2) is 0 Å². The van der Waals surface area contributed by atoms with Crippen molar-refractivity contribution >= 4 is 17.9 Å². The molecule has 2 rings (SSSR count). The molecule has 1 N–H and O–H groups in total. The summed E-state index contributed by atoms with van der Waals surface area (Å²) in [5, 5.41) is 0. The van der Waals surface area contributed by atoms with Gasteiger partial charge in [-0.25, -0.2) is 0 Å². The Morgan fingerprint density at radius 3 is 2.10 bits per heavy atom. The number of nitrogens with one attached hydrogen (secondary N) is 1. The quantitative estimate of drug-likeness (QED) is 0.863. The maximum atomic E-state index is 12.4. The van der Waals surface area contributed by atoms with Crippen molar-refractivity contribution in [3.05, 3.63) is 65.7 Å². The maximum Gasteiger partial charge on any atom is 0.416 e. The van der Waals surface area contributed by atoms with Crippen molar-refractivity contribution in [3.8, 4) is 0 Å². The van der Waals surface area contributed by atoms with Gasteiger partial charge in [-0.1, -0.05) is 18.2 Å². The lowest BCUT2D eigenvalue weighted by Gasteiger charge is -2.08. The third-order valence-electron chi connectivity index (χ3n) is 2.48. The Morgan fingerprint density at radius 1 is 0.950 bits per heavy atom. The Balaban J connectivity index is 1.96. The van der Waals surface area contributed by atoms with Gasteiger partial charge in [-0.15, -0.1) is 0 Å². The minimum absolute atomic E-state index is 0.296. The number of hydrogen-bond acceptors (Lipinski definition) is 2. The molecule has 6 heteroatoms. The molecule has 2 nitrogen and oxygen atoms in total. The monoisotopic (exact) mass is 297 g/mol. The van der Waals surface area contributed by atoms with Gasteiger partial charge in [0, 0.05) is 10.5 Å². The average Bonchev–Trinajstić information content (AvgIpc) is 2.45. The molecule has 0 aliphatic heterocycles. The van der Waals surface area contributed by atoms with Crippen molar-refractivity contribution < 1.29 is 18.0 Å². The van der Waals surface area contributed by atoms with Crippen LogP contribution in [-0.2, 0) is 6.18 Å². The summed E-state index contributed by atoms with van der Waals surface area (Å²) < 4.78 is 39.7. The van der Waals surface area contributed by atoms with Crippen LogP contribution in [0.1, 0.15) is 15.9 Å². The molecule has 1 amide bonds. The zero-order valence-electron chi connectivity index (χ0n) is 10.1. The molecular formula is C14H10F3NOS. The van der Waals surface area contributed by atoms with Crippen molar-refractivity contribution in [1.29, 1.82) is 0 Å². The van der Waals surface area contributed by atoms with E-state index in [2.05, 4.69) is 4.72 Å². The van der Waals surface area contributed by atoms with Crippen LogP contribution in [0.4, 0.5) is 13.2 Å². The molecule has 0 heterocycles. The summed E-state index contributed by atoms with van der Waals surface area (Å²) in [5.41, 5.74) is -0.219. The molecule has 0 aliphatic carbocycles. The molecule has 0 unspecified atom stereocenters. The van der Waals surface area contributed by atoms with E-state index in [0.29, 0.717) is 10.5 Å². The van der Waals surface area contributed by atoms with Crippen LogP contribution in [0, 0.1) is 0 Å². The van der Waals surface area contributed by atoms with Crippen LogP contribution in [0.5, 0.6) is 0 Å². The van der Waals surface area contributed by atoms with Crippen molar-refractivity contribution in [3.63, 3.8) is 0 Å². The molecule has 0 spiro atoms. The number of carbonyl (C=O) groups is 1. The number of alkyl halides is 3. The Hall–Kier alpha value is -1.95. The molecule has 104 valence electrons. The Labute approximate surface area is 118 Å². The van der Waals surface area contributed by atoms with Gasteiger partial charge >= 0.3 is 6.18 Å². The van der Waals surface area contributed by atoms with Crippen LogP contribution in [-0.4, -0.2) is 5.91 Å². The molecular weight excluding hydrogens is 287 g/mol. The highest BCUT2D eigenvalue weighted by molar-refractivity contribution is 7.98. The van der Waals surface area contributed by atoms with E-state index in [1.807, 2.05) is 0 Å². The molecule has 0 aromatic heterocycles. The number of halogens is 3. The number of rotatable bonds is 3. The summed E-state index contributed by atoms with van der Waals surface area (Å²) in [4.78, 5) is 12.3. The Kier molecular flexibility index (Phi) is 4.34. The highest BCUT2D eigenvalue weighted by Gasteiger charge is 2.29. The van der Waals surface area contributed by atoms with Crippen molar-refractivity contribution in [2.75, 3.05) is 0 Å². The molecule has 2 aromatic carbocycles. The number of amides is 1. The maximum absolute atomic E-state index is 12.4. The zero-order valence-corrected chi connectivity index (χ0v) is 11.0. The van der Waals surface area contributed by atoms with Gasteiger partial charge in [0.1, 0.15) is 0 Å². The lowest BCUT2D eigenvalue weighted by atomic mass is 10.2. The lowest BCUT2D eigenvalue weighted by Crippen LogP contribution is -2.15. The summed E-state index contributed by atoms with van der Waals surface area (Å²) in [6.45, 7) is 0. The minimum Gasteiger partial charge on any atom is -0.292 e. The second-order valence-corrected chi connectivity index (χ2v) is 4.80. The second-order valence-electron chi connectivity index (χ2n) is 3.92. The predicted molar refractivity (Wildman–Crippen MR) is 71.2 cm³/mol. The highest BCUT2D eigenvalue weighted by atomic mass is 32.2. The van der Waals surface area contributed by atoms with Gasteiger partial charge in [-0.05, 0) is 48.3 Å². The summed E-state index contributed by atoms with van der Waals surface area (Å²) >= 11 is 0.976. The predicted octanol–water partition coefficient (Wildman–Crippen LogP) is 4.14. The van der Waals surface area contributed by atoms with Crippen LogP contribution in [0.3, 0.4) is 0 Å². The van der Waals surface area contributed by atoms with Crippen LogP contribution < -0.4 is 4.72 Å². The van der Waals surface area contributed by atoms with Crippen LogP contribution in [0.2, 0.25) is 0 Å². The smallest absolute Gasteiger partial charge is 0.292 e. The van der Waals surface area contributed by atoms with E-state index in [0.717, 1.165) is 24.1 Å². The van der Waals surface area contributed by atoms with Crippen LogP contribution in [0.25, 0.3) is 0 Å². The molecule has 20 heavy (non-hydrogen) atoms. The third-order valence-corrected chi connectivity index (χ3v) is 3.27. The molecule has 0 radical (unpaired) electrons. The SMILES string of the molecule is O=C(NSc1ccc(C(F)(F)F)cc1)c1ccccc1. The standard InChI is InChI=1S/C14H10F3NOS/c15-14(16,17)11-6-8-12(9-7-11)20-18-13(19)10-4-2-1-3-5-10/h1-9H,(H,18,19). The molecule has 0 saturated heterocycles. The van der Waals surface area contributed by atoms with Gasteiger partial charge in [-0.3, -0.25) is 9.52 Å². The second kappa shape index (κ2) is 6.00. The minimum atomic E-state index is -4.35. The fourth-order valence-electron chi connectivity index (χ4n) is 1.47. The van der Waals surface area contributed by atoms with Crippen molar-refractivity contribution in [1.82, 2.24) is 4.72 Å². The van der Waals surface area contributed by atoms with E-state index in [1.165, 1.54) is 12.1 Å². The lowest BCUT2D eigenvalue weighted by molar-refractivity contribution is -0.137. The van der Waals surface area contributed by atoms with E-state index in [-0.39, 0.29) is 5.91 Å². The van der Waals surface area contributed by atoms with Gasteiger partial charge in [0.05, 0.1) is 5.56 Å². The molecule has 0 bridgehead atoms. The molecule has 0 saturated carbocycles. The topological polar surface area (TPSA) is 29.1 Å². The zero-order chi connectivity index (χ0) is 14.6. The first kappa shape index (κ1) is 14.5. The van der Waals surface area contributed by atoms with E-state index >= 15 is 0 Å². The first-order valence-corrected chi connectivity index (χ1v) is 6.48. The molecule has 0 atom stereocenters. The fourth-order valence-corrected chi connectivity index (χ4v) is 2.07. The van der Waals surface area contributed by atoms with E-state index in [1.54, 1.807) is 30.3 Å². The molecule has 0 fully saturated rings. The Bertz CT molecular complexity index is 582. The molecule has 2 aromatic rings. The van der Waals surface area contributed by atoms with E-state index in [4.69, 9.17) is 0 Å². The van der Waals surface area contributed by atoms with Gasteiger partial charge < -0.3 is 0 Å². The van der Waals surface area contributed by atoms with Crippen LogP contribution in [0.15, 0.2) is 59.5 Å². The fraction of sp³-hybridized carbons (Fsp3) is 0.0714. The largest absolute Gasteiger partial charge is 0.416 e. The van der Waals surface area contributed by atoms with Crippen molar-refractivity contribution in [2.45, 2.75) is 11.1 Å². The first-order valence-electron chi connectivity index (χ1n) is 5.66. The van der Waals surface area contributed by atoms with Crippen molar-refractivity contribution in [2.24, 2.45) is 0 Å². The van der Waals surface area contributed by atoms with E-state index in [9.17, 15) is 18.0 Å². The normalized spacial score (nSPS) is 11.2. The molecule has 0 aliphatic rings. The Morgan fingerprint density at radius 2 is 1.55 bits per heavy atom. The summed E-state index contributed by atoms with van der Waals surface area (Å²) in [6.07, 6.45) is -4.35. The number of hydrogen-bond donors (Lipinski definition) is 1. The summed E-state index contributed by atoms with van der Waals surface area (Å²) in [5.74, 6) is -0.296. The van der Waals surface area contributed by atoms with Gasteiger partial charge in [0.2, 0.25) is 0 Å². The van der Waals surface area contributed by atoms with Gasteiger partial charge in [0.25, 0.3) is 5.91 Å². The number of benzene rings is 2. The average molecular weight is 297 g/mol. The summed E-state index contributed by atoms with van der Waals surface area (Å²) in [6, 6.07) is 13.2. The summed E-state index contributed by atoms with van der Waals surface area (Å²) in [7, 11) is 0. The third kappa shape index (κ3) is 3.77. The highest BCUT2D eigenvalue weighted by Crippen LogP contribution is 2.30. The van der Waals surface area contributed by atoms with E-state index < -0.39 is 11.7 Å². The first-order chi connectivity index (χ1) is 9.47. The number of carbonyl (C=O) groups excluding carboxylic acids is 1. The van der Waals surface area contributed by atoms with Crippen LogP contribution >= 0.6 is 11.9 Å². The van der Waals surface area contributed by atoms with Gasteiger partial charge in [-0.2, -0.15) is 13.2 Å².